The van der Waals surface area contributed by atoms with Gasteiger partial charge in [0, 0.05) is 42.5 Å². The molecular weight excluding hydrogens is 501 g/mol. The summed E-state index contributed by atoms with van der Waals surface area (Å²) in [6, 6.07) is 34.9. The maximum atomic E-state index is 5.32. The number of para-hydroxylation sites is 2. The van der Waals surface area contributed by atoms with Gasteiger partial charge in [0.25, 0.3) is 0 Å². The average Bonchev–Trinajstić information content (AvgIpc) is 3.21. The topological polar surface area (TPSA) is 24.7 Å². The summed E-state index contributed by atoms with van der Waals surface area (Å²) < 4.78 is 0. The highest BCUT2D eigenvalue weighted by molar-refractivity contribution is 7.99. The molecule has 2 heterocycles. The van der Waals surface area contributed by atoms with Gasteiger partial charge in [0.2, 0.25) is 0 Å². The number of rotatable bonds is 2. The molecule has 0 saturated heterocycles. The Labute approximate surface area is 233 Å². The Balaban J connectivity index is 1.18. The van der Waals surface area contributed by atoms with Crippen LogP contribution in [0.5, 0.6) is 0 Å². The number of aliphatic imine (C=N–C) groups is 2. The molecule has 2 aliphatic heterocycles. The van der Waals surface area contributed by atoms with Crippen LogP contribution in [0, 0.1) is 11.8 Å². The van der Waals surface area contributed by atoms with E-state index in [1.165, 1.54) is 80.7 Å². The first-order chi connectivity index (χ1) is 18.8. The Kier molecular flexibility index (Phi) is 6.69. The summed E-state index contributed by atoms with van der Waals surface area (Å²) in [5, 5.41) is 0. The first kappa shape index (κ1) is 24.0. The van der Waals surface area contributed by atoms with Gasteiger partial charge in [-0.3, -0.25) is 9.98 Å². The third-order valence-electron chi connectivity index (χ3n) is 7.96. The molecule has 1 fully saturated rings. The number of benzene rings is 4. The molecule has 2 nitrogen and oxygen atoms in total. The van der Waals surface area contributed by atoms with Crippen LogP contribution < -0.4 is 0 Å². The molecule has 4 aromatic carbocycles. The van der Waals surface area contributed by atoms with Gasteiger partial charge in [-0.05, 0) is 62.1 Å². The molecule has 0 spiro atoms. The van der Waals surface area contributed by atoms with Crippen molar-refractivity contribution < 1.29 is 0 Å². The van der Waals surface area contributed by atoms with E-state index in [2.05, 4.69) is 97.1 Å². The van der Waals surface area contributed by atoms with Crippen LogP contribution in [0.2, 0.25) is 0 Å². The van der Waals surface area contributed by atoms with E-state index in [1.54, 1.807) is 0 Å². The Hall–Kier alpha value is -3.08. The van der Waals surface area contributed by atoms with Gasteiger partial charge in [0.05, 0.1) is 22.8 Å². The van der Waals surface area contributed by atoms with E-state index in [0.29, 0.717) is 11.8 Å². The smallest absolute Gasteiger partial charge is 0.0772 e. The molecular formula is C34H30N2S2. The van der Waals surface area contributed by atoms with Crippen molar-refractivity contribution in [1.82, 2.24) is 0 Å². The van der Waals surface area contributed by atoms with Crippen molar-refractivity contribution in [3.63, 3.8) is 0 Å². The minimum Gasteiger partial charge on any atom is -0.251 e. The van der Waals surface area contributed by atoms with E-state index in [-0.39, 0.29) is 0 Å². The number of hydrogen-bond donors (Lipinski definition) is 0. The summed E-state index contributed by atoms with van der Waals surface area (Å²) in [7, 11) is 0. The van der Waals surface area contributed by atoms with Crippen molar-refractivity contribution in [2.24, 2.45) is 21.8 Å². The maximum absolute atomic E-state index is 5.32. The highest BCUT2D eigenvalue weighted by Crippen LogP contribution is 2.44. The van der Waals surface area contributed by atoms with Crippen LogP contribution in [0.3, 0.4) is 0 Å². The van der Waals surface area contributed by atoms with Crippen LogP contribution in [0.1, 0.15) is 49.7 Å². The first-order valence-corrected chi connectivity index (χ1v) is 15.4. The van der Waals surface area contributed by atoms with E-state index in [9.17, 15) is 0 Å². The number of nitrogens with zero attached hydrogens (tertiary/aromatic N) is 2. The largest absolute Gasteiger partial charge is 0.251 e. The van der Waals surface area contributed by atoms with Crippen LogP contribution >= 0.6 is 23.5 Å². The van der Waals surface area contributed by atoms with Crippen molar-refractivity contribution in [3.8, 4) is 0 Å². The van der Waals surface area contributed by atoms with E-state index in [4.69, 9.17) is 9.98 Å². The molecule has 38 heavy (non-hydrogen) atoms. The van der Waals surface area contributed by atoms with Crippen molar-refractivity contribution in [1.29, 1.82) is 0 Å². The van der Waals surface area contributed by atoms with Gasteiger partial charge in [-0.1, -0.05) is 97.0 Å². The van der Waals surface area contributed by atoms with Crippen LogP contribution in [-0.2, 0) is 0 Å². The maximum Gasteiger partial charge on any atom is 0.0772 e. The van der Waals surface area contributed by atoms with Crippen molar-refractivity contribution in [3.05, 3.63) is 108 Å². The zero-order valence-corrected chi connectivity index (χ0v) is 23.0. The Bertz CT molecular complexity index is 1430. The molecule has 0 radical (unpaired) electrons. The molecule has 4 heteroatoms. The lowest BCUT2D eigenvalue weighted by atomic mass is 9.79. The number of fused-ring (bicyclic) bond motifs is 4. The lowest BCUT2D eigenvalue weighted by molar-refractivity contribution is 0.414. The van der Waals surface area contributed by atoms with E-state index < -0.39 is 0 Å². The highest BCUT2D eigenvalue weighted by Gasteiger charge is 2.29. The molecule has 0 amide bonds. The quantitative estimate of drug-likeness (QED) is 0.257. The minimum absolute atomic E-state index is 0.489. The third kappa shape index (κ3) is 4.65. The second-order valence-corrected chi connectivity index (χ2v) is 12.5. The summed E-state index contributed by atoms with van der Waals surface area (Å²) in [6.45, 7) is 0. The molecule has 0 aromatic heterocycles. The lowest BCUT2D eigenvalue weighted by Gasteiger charge is -2.27. The zero-order valence-electron chi connectivity index (χ0n) is 21.3. The summed E-state index contributed by atoms with van der Waals surface area (Å²) in [4.78, 5) is 15.8. The molecule has 7 rings (SSSR count). The monoisotopic (exact) mass is 530 g/mol. The molecule has 188 valence electrons. The number of hydrogen-bond acceptors (Lipinski definition) is 4. The van der Waals surface area contributed by atoms with Crippen LogP contribution in [0.4, 0.5) is 11.4 Å². The molecule has 0 bridgehead atoms. The van der Waals surface area contributed by atoms with Gasteiger partial charge in [0.15, 0.2) is 0 Å². The third-order valence-corrected chi connectivity index (χ3v) is 10.2. The second kappa shape index (κ2) is 10.6. The van der Waals surface area contributed by atoms with Gasteiger partial charge in [0.1, 0.15) is 0 Å². The average molecular weight is 531 g/mol. The summed E-state index contributed by atoms with van der Waals surface area (Å²) in [5.74, 6) is 0.979. The van der Waals surface area contributed by atoms with Crippen molar-refractivity contribution >= 4 is 46.3 Å². The SMILES string of the molecule is c1ccc2c(c1)N=C(C1CCCC(C3=Nc4ccccc4Sc4ccccc43)CCC1)c1ccccc1S2. The molecule has 4 aromatic rings. The fourth-order valence-corrected chi connectivity index (χ4v) is 8.16. The van der Waals surface area contributed by atoms with E-state index >= 15 is 0 Å². The molecule has 1 saturated carbocycles. The van der Waals surface area contributed by atoms with Gasteiger partial charge in [-0.25, -0.2) is 0 Å². The van der Waals surface area contributed by atoms with Crippen LogP contribution in [0.25, 0.3) is 0 Å². The van der Waals surface area contributed by atoms with E-state index in [1.807, 2.05) is 23.5 Å². The molecule has 0 N–H and O–H groups in total. The van der Waals surface area contributed by atoms with Gasteiger partial charge in [-0.15, -0.1) is 0 Å². The summed E-state index contributed by atoms with van der Waals surface area (Å²) in [6.07, 6.45) is 7.10. The van der Waals surface area contributed by atoms with E-state index in [0.717, 1.165) is 11.4 Å². The summed E-state index contributed by atoms with van der Waals surface area (Å²) in [5.41, 5.74) is 7.46. The Morgan fingerprint density at radius 2 is 0.816 bits per heavy atom. The summed E-state index contributed by atoms with van der Waals surface area (Å²) >= 11 is 3.71. The Morgan fingerprint density at radius 3 is 1.26 bits per heavy atom. The zero-order chi connectivity index (χ0) is 25.3. The van der Waals surface area contributed by atoms with Gasteiger partial charge >= 0.3 is 0 Å². The molecule has 0 atom stereocenters. The predicted molar refractivity (Wildman–Crippen MR) is 161 cm³/mol. The Morgan fingerprint density at radius 1 is 0.447 bits per heavy atom. The fraction of sp³-hybridized carbons (Fsp3) is 0.235. The first-order valence-electron chi connectivity index (χ1n) is 13.7. The second-order valence-electron chi connectivity index (χ2n) is 10.4. The van der Waals surface area contributed by atoms with Gasteiger partial charge in [-0.2, -0.15) is 0 Å². The van der Waals surface area contributed by atoms with Crippen LogP contribution in [-0.4, -0.2) is 11.4 Å². The highest BCUT2D eigenvalue weighted by atomic mass is 32.2. The molecule has 0 unspecified atom stereocenters. The molecule has 1 aliphatic carbocycles. The fourth-order valence-electron chi connectivity index (χ4n) is 6.10. The van der Waals surface area contributed by atoms with Crippen molar-refractivity contribution in [2.75, 3.05) is 0 Å². The van der Waals surface area contributed by atoms with Crippen LogP contribution in [0.15, 0.2) is 127 Å². The predicted octanol–water partition coefficient (Wildman–Crippen LogP) is 10.1. The molecule has 3 aliphatic rings. The normalized spacial score (nSPS) is 20.6. The van der Waals surface area contributed by atoms with Gasteiger partial charge < -0.3 is 0 Å². The minimum atomic E-state index is 0.489. The standard InChI is InChI=1S/C34H30N2S2/c1-5-19-29-25(15-1)33(35-27-17-3-7-21-31(27)37-29)23-11-9-13-24(14-10-12-23)34-26-16-2-6-20-30(26)38-32-22-8-4-18-28(32)36-34/h1-8,15-24H,9-14H2. The van der Waals surface area contributed by atoms with Crippen molar-refractivity contribution in [2.45, 2.75) is 58.1 Å². The lowest BCUT2D eigenvalue weighted by Crippen LogP contribution is -2.23.